The van der Waals surface area contributed by atoms with Gasteiger partial charge in [-0.3, -0.25) is 9.36 Å². The lowest BCUT2D eigenvalue weighted by molar-refractivity contribution is 0.518. The summed E-state index contributed by atoms with van der Waals surface area (Å²) in [6.45, 7) is 8.06. The van der Waals surface area contributed by atoms with Crippen molar-refractivity contribution >= 4 is 22.8 Å². The predicted octanol–water partition coefficient (Wildman–Crippen LogP) is 4.21. The Labute approximate surface area is 140 Å². The molecule has 2 heterocycles. The molecule has 1 aromatic carbocycles. The Hall–Kier alpha value is -2.01. The summed E-state index contributed by atoms with van der Waals surface area (Å²) in [5.74, 6) is 0.801. The lowest BCUT2D eigenvalue weighted by Crippen LogP contribution is -2.25. The van der Waals surface area contributed by atoms with Crippen LogP contribution in [0.1, 0.15) is 36.7 Å². The quantitative estimate of drug-likeness (QED) is 0.577. The fourth-order valence-corrected chi connectivity index (χ4v) is 3.77. The molecule has 0 aliphatic rings. The van der Waals surface area contributed by atoms with Gasteiger partial charge < -0.3 is 4.98 Å². The molecule has 120 valence electrons. The maximum absolute atomic E-state index is 12.7. The molecule has 0 amide bonds. The van der Waals surface area contributed by atoms with Crippen LogP contribution in [0.4, 0.5) is 0 Å². The largest absolute Gasteiger partial charge is 0.353 e. The first-order valence-electron chi connectivity index (χ1n) is 7.76. The average molecular weight is 327 g/mol. The van der Waals surface area contributed by atoms with Gasteiger partial charge in [-0.2, -0.15) is 0 Å². The maximum atomic E-state index is 12.7. The molecule has 23 heavy (non-hydrogen) atoms. The van der Waals surface area contributed by atoms with Crippen molar-refractivity contribution in [1.82, 2.24) is 14.5 Å². The highest BCUT2D eigenvalue weighted by molar-refractivity contribution is 7.98. The minimum Gasteiger partial charge on any atom is -0.353 e. The summed E-state index contributed by atoms with van der Waals surface area (Å²) in [5, 5.41) is 0.776. The molecule has 3 aromatic rings. The Morgan fingerprint density at radius 3 is 2.74 bits per heavy atom. The van der Waals surface area contributed by atoms with E-state index in [0.717, 1.165) is 22.1 Å². The Kier molecular flexibility index (Phi) is 4.31. The molecule has 4 nitrogen and oxygen atoms in total. The normalized spacial score (nSPS) is 11.5. The molecule has 1 N–H and O–H groups in total. The molecule has 0 aliphatic heterocycles. The van der Waals surface area contributed by atoms with Crippen LogP contribution in [0.2, 0.25) is 0 Å². The van der Waals surface area contributed by atoms with Gasteiger partial charge in [0.05, 0.1) is 5.52 Å². The Morgan fingerprint density at radius 2 is 2.04 bits per heavy atom. The molecular weight excluding hydrogens is 306 g/mol. The van der Waals surface area contributed by atoms with E-state index in [1.165, 1.54) is 11.1 Å². The van der Waals surface area contributed by atoms with Gasteiger partial charge in [-0.05, 0) is 39.3 Å². The van der Waals surface area contributed by atoms with E-state index >= 15 is 0 Å². The van der Waals surface area contributed by atoms with Gasteiger partial charge in [0.15, 0.2) is 5.16 Å². The van der Waals surface area contributed by atoms with Crippen LogP contribution in [-0.4, -0.2) is 14.5 Å². The first-order valence-corrected chi connectivity index (χ1v) is 8.74. The first-order chi connectivity index (χ1) is 11.0. The highest BCUT2D eigenvalue weighted by atomic mass is 32.2. The van der Waals surface area contributed by atoms with Crippen molar-refractivity contribution in [2.45, 2.75) is 44.6 Å². The molecule has 0 fully saturated rings. The van der Waals surface area contributed by atoms with Crippen LogP contribution in [0.3, 0.4) is 0 Å². The number of nitrogens with zero attached hydrogens (tertiary/aromatic N) is 2. The van der Waals surface area contributed by atoms with Crippen LogP contribution in [0.25, 0.3) is 11.0 Å². The van der Waals surface area contributed by atoms with Gasteiger partial charge >= 0.3 is 0 Å². The van der Waals surface area contributed by atoms with Crippen molar-refractivity contribution in [3.63, 3.8) is 0 Å². The number of fused-ring (bicyclic) bond motifs is 1. The third-order valence-electron chi connectivity index (χ3n) is 3.75. The van der Waals surface area contributed by atoms with Gasteiger partial charge in [-0.15, -0.1) is 0 Å². The van der Waals surface area contributed by atoms with Gasteiger partial charge in [0.2, 0.25) is 0 Å². The van der Waals surface area contributed by atoms with Gasteiger partial charge in [0, 0.05) is 17.5 Å². The molecule has 0 aliphatic carbocycles. The Balaban J connectivity index is 2.01. The van der Waals surface area contributed by atoms with Gasteiger partial charge in [0.25, 0.3) is 5.56 Å². The van der Waals surface area contributed by atoms with E-state index in [0.29, 0.717) is 5.52 Å². The van der Waals surface area contributed by atoms with Crippen LogP contribution in [-0.2, 0) is 5.75 Å². The third kappa shape index (κ3) is 3.20. The van der Waals surface area contributed by atoms with Crippen molar-refractivity contribution in [2.75, 3.05) is 0 Å². The van der Waals surface area contributed by atoms with E-state index in [4.69, 9.17) is 4.98 Å². The van der Waals surface area contributed by atoms with Crippen LogP contribution in [0, 0.1) is 13.8 Å². The number of aryl methyl sites for hydroxylation is 2. The SMILES string of the molecule is Cc1cccc(CSc2nc3cc(C)[nH]c3c(=O)n2C(C)C)c1. The smallest absolute Gasteiger partial charge is 0.278 e. The molecule has 0 saturated carbocycles. The van der Waals surface area contributed by atoms with E-state index in [1.54, 1.807) is 16.3 Å². The maximum Gasteiger partial charge on any atom is 0.278 e. The molecular formula is C18H21N3OS. The molecule has 0 spiro atoms. The van der Waals surface area contributed by atoms with E-state index in [-0.39, 0.29) is 11.6 Å². The summed E-state index contributed by atoms with van der Waals surface area (Å²) in [4.78, 5) is 20.6. The molecule has 2 aromatic heterocycles. The van der Waals surface area contributed by atoms with Crippen molar-refractivity contribution in [2.24, 2.45) is 0 Å². The monoisotopic (exact) mass is 327 g/mol. The van der Waals surface area contributed by atoms with Crippen molar-refractivity contribution in [3.05, 3.63) is 57.5 Å². The van der Waals surface area contributed by atoms with Crippen LogP contribution >= 0.6 is 11.8 Å². The summed E-state index contributed by atoms with van der Waals surface area (Å²) < 4.78 is 1.78. The van der Waals surface area contributed by atoms with Gasteiger partial charge in [0.1, 0.15) is 5.52 Å². The fraction of sp³-hybridized carbons (Fsp3) is 0.333. The number of aromatic amines is 1. The summed E-state index contributed by atoms with van der Waals surface area (Å²) in [5.41, 5.74) is 4.79. The highest BCUT2D eigenvalue weighted by Gasteiger charge is 2.15. The number of hydrogen-bond acceptors (Lipinski definition) is 3. The average Bonchev–Trinajstić information content (AvgIpc) is 2.85. The standard InChI is InChI=1S/C18H21N3OS/c1-11(2)21-17(22)16-15(9-13(4)19-16)20-18(21)23-10-14-7-5-6-12(3)8-14/h5-9,11,19H,10H2,1-4H3. The number of H-pyrrole nitrogens is 1. The molecule has 0 bridgehead atoms. The van der Waals surface area contributed by atoms with E-state index in [9.17, 15) is 4.79 Å². The summed E-state index contributed by atoms with van der Waals surface area (Å²) in [7, 11) is 0. The topological polar surface area (TPSA) is 50.7 Å². The summed E-state index contributed by atoms with van der Waals surface area (Å²) in [6, 6.07) is 10.4. The second kappa shape index (κ2) is 6.24. The fourth-order valence-electron chi connectivity index (χ4n) is 2.70. The number of rotatable bonds is 4. The predicted molar refractivity (Wildman–Crippen MR) is 96.2 cm³/mol. The van der Waals surface area contributed by atoms with Crippen LogP contribution < -0.4 is 5.56 Å². The number of hydrogen-bond donors (Lipinski definition) is 1. The van der Waals surface area contributed by atoms with Crippen molar-refractivity contribution in [3.8, 4) is 0 Å². The van der Waals surface area contributed by atoms with Gasteiger partial charge in [-0.25, -0.2) is 4.98 Å². The summed E-state index contributed by atoms with van der Waals surface area (Å²) >= 11 is 1.61. The lowest BCUT2D eigenvalue weighted by atomic mass is 10.2. The lowest BCUT2D eigenvalue weighted by Gasteiger charge is -2.15. The minimum absolute atomic E-state index is 0.00448. The highest BCUT2D eigenvalue weighted by Crippen LogP contribution is 2.24. The molecule has 0 saturated heterocycles. The van der Waals surface area contributed by atoms with Crippen LogP contribution in [0.5, 0.6) is 0 Å². The molecule has 5 heteroatoms. The molecule has 0 atom stereocenters. The second-order valence-electron chi connectivity index (χ2n) is 6.15. The number of benzene rings is 1. The third-order valence-corrected chi connectivity index (χ3v) is 4.78. The number of nitrogens with one attached hydrogen (secondary N) is 1. The zero-order valence-electron chi connectivity index (χ0n) is 13.9. The molecule has 3 rings (SSSR count). The van der Waals surface area contributed by atoms with E-state index in [2.05, 4.69) is 36.2 Å². The second-order valence-corrected chi connectivity index (χ2v) is 7.10. The van der Waals surface area contributed by atoms with Crippen LogP contribution in [0.15, 0.2) is 40.3 Å². The zero-order chi connectivity index (χ0) is 16.6. The van der Waals surface area contributed by atoms with Gasteiger partial charge in [-0.1, -0.05) is 41.6 Å². The first kappa shape index (κ1) is 15.9. The van der Waals surface area contributed by atoms with Crippen molar-refractivity contribution in [1.29, 1.82) is 0 Å². The molecule has 0 radical (unpaired) electrons. The van der Waals surface area contributed by atoms with Crippen molar-refractivity contribution < 1.29 is 0 Å². The van der Waals surface area contributed by atoms with E-state index < -0.39 is 0 Å². The summed E-state index contributed by atoms with van der Waals surface area (Å²) in [6.07, 6.45) is 0. The zero-order valence-corrected chi connectivity index (χ0v) is 14.7. The Bertz CT molecular complexity index is 908. The minimum atomic E-state index is 0.00448. The Morgan fingerprint density at radius 1 is 1.26 bits per heavy atom. The number of aromatic nitrogens is 3. The molecule has 0 unspecified atom stereocenters. The number of thioether (sulfide) groups is 1. The van der Waals surface area contributed by atoms with E-state index in [1.807, 2.05) is 26.8 Å².